The molecule has 12 heavy (non-hydrogen) atoms. The van der Waals surface area contributed by atoms with Crippen LogP contribution in [0.4, 0.5) is 0 Å². The van der Waals surface area contributed by atoms with E-state index in [4.69, 9.17) is 17.5 Å². The molecule has 0 fully saturated rings. The molecule has 1 heterocycles. The van der Waals surface area contributed by atoms with E-state index in [2.05, 4.69) is 18.0 Å². The van der Waals surface area contributed by atoms with Gasteiger partial charge < -0.3 is 4.98 Å². The van der Waals surface area contributed by atoms with Crippen LogP contribution in [0.5, 0.6) is 0 Å². The van der Waals surface area contributed by atoms with Crippen molar-refractivity contribution < 1.29 is 0 Å². The van der Waals surface area contributed by atoms with E-state index < -0.39 is 0 Å². The lowest BCUT2D eigenvalue weighted by atomic mass is 10.1. The lowest BCUT2D eigenvalue weighted by molar-refractivity contribution is 1.03. The molecular weight excluding hydrogens is 168 g/mol. The highest BCUT2D eigenvalue weighted by molar-refractivity contribution is 7.71. The van der Waals surface area contributed by atoms with Gasteiger partial charge in [-0.15, -0.1) is 0 Å². The Balaban J connectivity index is 3.40. The van der Waals surface area contributed by atoms with Crippen molar-refractivity contribution in [1.29, 1.82) is 5.26 Å². The fourth-order valence-corrected chi connectivity index (χ4v) is 1.37. The molecule has 3 heteroatoms. The van der Waals surface area contributed by atoms with Gasteiger partial charge in [0.2, 0.25) is 0 Å². The molecule has 0 saturated heterocycles. The molecule has 0 radical (unpaired) electrons. The highest BCUT2D eigenvalue weighted by Crippen LogP contribution is 2.09. The van der Waals surface area contributed by atoms with Gasteiger partial charge in [-0.1, -0.05) is 19.1 Å². The number of hydrogen-bond donors (Lipinski definition) is 1. The van der Waals surface area contributed by atoms with E-state index >= 15 is 0 Å². The second-order valence-electron chi connectivity index (χ2n) is 2.63. The molecule has 1 rings (SSSR count). The zero-order valence-electron chi connectivity index (χ0n) is 7.14. The van der Waals surface area contributed by atoms with Gasteiger partial charge in [-0.05, 0) is 25.0 Å². The van der Waals surface area contributed by atoms with Gasteiger partial charge in [0.1, 0.15) is 10.7 Å². The summed E-state index contributed by atoms with van der Waals surface area (Å²) >= 11 is 4.97. The van der Waals surface area contributed by atoms with Gasteiger partial charge in [0.05, 0.1) is 5.56 Å². The van der Waals surface area contributed by atoms with E-state index in [9.17, 15) is 0 Å². The average Bonchev–Trinajstić information content (AvgIpc) is 2.05. The molecule has 0 aliphatic heterocycles. The summed E-state index contributed by atoms with van der Waals surface area (Å²) in [6.45, 7) is 4.02. The summed E-state index contributed by atoms with van der Waals surface area (Å²) < 4.78 is 0.534. The van der Waals surface area contributed by atoms with Gasteiger partial charge >= 0.3 is 0 Å². The maximum atomic E-state index is 8.69. The van der Waals surface area contributed by atoms with E-state index in [-0.39, 0.29) is 0 Å². The Hall–Kier alpha value is -1.14. The molecule has 0 saturated carbocycles. The van der Waals surface area contributed by atoms with Gasteiger partial charge in [0.25, 0.3) is 0 Å². The maximum absolute atomic E-state index is 8.69. The van der Waals surface area contributed by atoms with Crippen LogP contribution >= 0.6 is 12.2 Å². The number of rotatable bonds is 1. The number of aromatic amines is 1. The van der Waals surface area contributed by atoms with Crippen LogP contribution in [-0.2, 0) is 6.42 Å². The standard InChI is InChI=1S/C9H10N2S/c1-3-7-4-8(5-10)9(12)11-6(7)2/h4H,3H2,1-2H3,(H,11,12). The summed E-state index contributed by atoms with van der Waals surface area (Å²) in [5.41, 5.74) is 2.77. The monoisotopic (exact) mass is 178 g/mol. The number of aromatic nitrogens is 1. The molecule has 2 nitrogen and oxygen atoms in total. The van der Waals surface area contributed by atoms with Crippen LogP contribution in [0.25, 0.3) is 0 Å². The Kier molecular flexibility index (Phi) is 2.61. The predicted octanol–water partition coefficient (Wildman–Crippen LogP) is 2.49. The summed E-state index contributed by atoms with van der Waals surface area (Å²) in [7, 11) is 0. The van der Waals surface area contributed by atoms with E-state index in [1.54, 1.807) is 0 Å². The summed E-state index contributed by atoms with van der Waals surface area (Å²) in [5.74, 6) is 0. The minimum absolute atomic E-state index is 0.534. The molecule has 1 N–H and O–H groups in total. The van der Waals surface area contributed by atoms with Crippen LogP contribution < -0.4 is 0 Å². The Morgan fingerprint density at radius 1 is 1.67 bits per heavy atom. The smallest absolute Gasteiger partial charge is 0.121 e. The molecule has 1 aromatic heterocycles. The van der Waals surface area contributed by atoms with Gasteiger partial charge in [-0.3, -0.25) is 0 Å². The molecule has 62 valence electrons. The zero-order valence-corrected chi connectivity index (χ0v) is 7.96. The highest BCUT2D eigenvalue weighted by atomic mass is 32.1. The number of H-pyrrole nitrogens is 1. The molecule has 0 aliphatic carbocycles. The van der Waals surface area contributed by atoms with E-state index in [0.29, 0.717) is 10.2 Å². The largest absolute Gasteiger partial charge is 0.349 e. The van der Waals surface area contributed by atoms with Crippen molar-refractivity contribution in [2.45, 2.75) is 20.3 Å². The van der Waals surface area contributed by atoms with E-state index in [1.165, 1.54) is 0 Å². The zero-order chi connectivity index (χ0) is 9.14. The summed E-state index contributed by atoms with van der Waals surface area (Å²) in [6.07, 6.45) is 0.923. The van der Waals surface area contributed by atoms with Gasteiger partial charge in [0.15, 0.2) is 0 Å². The van der Waals surface area contributed by atoms with Gasteiger partial charge in [0, 0.05) is 5.69 Å². The van der Waals surface area contributed by atoms with Crippen LogP contribution in [0, 0.1) is 22.9 Å². The first-order valence-electron chi connectivity index (χ1n) is 3.82. The van der Waals surface area contributed by atoms with Crippen molar-refractivity contribution in [1.82, 2.24) is 4.98 Å². The second kappa shape index (κ2) is 3.51. The molecule has 0 unspecified atom stereocenters. The third-order valence-corrected chi connectivity index (χ3v) is 2.17. The van der Waals surface area contributed by atoms with Gasteiger partial charge in [-0.2, -0.15) is 5.26 Å². The number of nitrogens with one attached hydrogen (secondary N) is 1. The Morgan fingerprint density at radius 2 is 2.33 bits per heavy atom. The van der Waals surface area contributed by atoms with Crippen molar-refractivity contribution >= 4 is 12.2 Å². The lowest BCUT2D eigenvalue weighted by Crippen LogP contribution is -1.93. The molecule has 0 aliphatic rings. The first kappa shape index (κ1) is 8.95. The second-order valence-corrected chi connectivity index (χ2v) is 3.04. The molecule has 0 amide bonds. The minimum Gasteiger partial charge on any atom is -0.349 e. The van der Waals surface area contributed by atoms with Gasteiger partial charge in [-0.25, -0.2) is 0 Å². The maximum Gasteiger partial charge on any atom is 0.121 e. The normalized spacial score (nSPS) is 9.42. The van der Waals surface area contributed by atoms with Crippen molar-refractivity contribution in [3.8, 4) is 6.07 Å². The summed E-state index contributed by atoms with van der Waals surface area (Å²) in [6, 6.07) is 3.92. The number of nitrogens with zero attached hydrogens (tertiary/aromatic N) is 1. The fraction of sp³-hybridized carbons (Fsp3) is 0.333. The number of aryl methyl sites for hydroxylation is 2. The predicted molar refractivity (Wildman–Crippen MR) is 50.5 cm³/mol. The number of pyridine rings is 1. The molecule has 0 atom stereocenters. The minimum atomic E-state index is 0.534. The Bertz CT molecular complexity index is 384. The molecular formula is C9H10N2S. The van der Waals surface area contributed by atoms with Crippen molar-refractivity contribution in [3.63, 3.8) is 0 Å². The third kappa shape index (κ3) is 1.54. The van der Waals surface area contributed by atoms with Crippen LogP contribution in [0.1, 0.15) is 23.7 Å². The van der Waals surface area contributed by atoms with Crippen molar-refractivity contribution in [3.05, 3.63) is 27.5 Å². The Labute approximate surface area is 76.9 Å². The van der Waals surface area contributed by atoms with E-state index in [1.807, 2.05) is 13.0 Å². The average molecular weight is 178 g/mol. The lowest BCUT2D eigenvalue weighted by Gasteiger charge is -2.02. The molecule has 0 bridgehead atoms. The highest BCUT2D eigenvalue weighted by Gasteiger charge is 1.99. The number of hydrogen-bond acceptors (Lipinski definition) is 2. The van der Waals surface area contributed by atoms with Crippen LogP contribution in [0.15, 0.2) is 6.07 Å². The molecule has 0 spiro atoms. The van der Waals surface area contributed by atoms with Crippen LogP contribution in [0.2, 0.25) is 0 Å². The first-order valence-corrected chi connectivity index (χ1v) is 4.22. The molecule has 1 aromatic rings. The van der Waals surface area contributed by atoms with Crippen molar-refractivity contribution in [2.24, 2.45) is 0 Å². The van der Waals surface area contributed by atoms with Crippen molar-refractivity contribution in [2.75, 3.05) is 0 Å². The number of nitriles is 1. The Morgan fingerprint density at radius 3 is 2.83 bits per heavy atom. The summed E-state index contributed by atoms with van der Waals surface area (Å²) in [5, 5.41) is 8.69. The fourth-order valence-electron chi connectivity index (χ4n) is 1.12. The summed E-state index contributed by atoms with van der Waals surface area (Å²) in [4.78, 5) is 3.00. The topological polar surface area (TPSA) is 39.6 Å². The molecule has 0 aromatic carbocycles. The SMILES string of the molecule is CCc1cc(C#N)c(=S)[nH]c1C. The van der Waals surface area contributed by atoms with E-state index in [0.717, 1.165) is 17.7 Å². The van der Waals surface area contributed by atoms with Crippen LogP contribution in [0.3, 0.4) is 0 Å². The quantitative estimate of drug-likeness (QED) is 0.671. The third-order valence-electron chi connectivity index (χ3n) is 1.85. The van der Waals surface area contributed by atoms with Crippen LogP contribution in [-0.4, -0.2) is 4.98 Å². The first-order chi connectivity index (χ1) is 5.69.